The maximum absolute atomic E-state index is 6.01. The average Bonchev–Trinajstić information content (AvgIpc) is 2.49. The number of aromatic nitrogens is 1. The first-order valence-corrected chi connectivity index (χ1v) is 6.81. The molecule has 1 aromatic carbocycles. The van der Waals surface area contributed by atoms with Gasteiger partial charge in [-0.3, -0.25) is 4.98 Å². The van der Waals surface area contributed by atoms with Crippen LogP contribution in [0.3, 0.4) is 0 Å². The first kappa shape index (κ1) is 14.3. The fraction of sp³-hybridized carbons (Fsp3) is 0.312. The van der Waals surface area contributed by atoms with Gasteiger partial charge in [0.05, 0.1) is 7.11 Å². The molecule has 1 aromatic heterocycles. The quantitative estimate of drug-likeness (QED) is 0.847. The van der Waals surface area contributed by atoms with Crippen molar-refractivity contribution in [3.63, 3.8) is 0 Å². The molecule has 0 bridgehead atoms. The Bertz CT molecular complexity index is 557. The topological polar surface area (TPSA) is 60.2 Å². The van der Waals surface area contributed by atoms with Crippen molar-refractivity contribution in [3.05, 3.63) is 53.9 Å². The molecule has 4 nitrogen and oxygen atoms in total. The predicted octanol–water partition coefficient (Wildman–Crippen LogP) is 2.57. The highest BCUT2D eigenvalue weighted by Gasteiger charge is 2.16. The van der Waals surface area contributed by atoms with E-state index in [-0.39, 0.29) is 6.04 Å². The number of nitrogen functional groups attached to an aromatic ring is 1. The van der Waals surface area contributed by atoms with Crippen LogP contribution in [0.5, 0.6) is 5.75 Å². The van der Waals surface area contributed by atoms with E-state index >= 15 is 0 Å². The van der Waals surface area contributed by atoms with E-state index in [1.54, 1.807) is 13.3 Å². The number of nitrogens with one attached hydrogen (secondary N) is 1. The molecule has 1 unspecified atom stereocenters. The van der Waals surface area contributed by atoms with Crippen LogP contribution in [-0.2, 0) is 6.42 Å². The summed E-state index contributed by atoms with van der Waals surface area (Å²) in [4.78, 5) is 4.16. The van der Waals surface area contributed by atoms with Crippen LogP contribution in [0, 0.1) is 0 Å². The Hall–Kier alpha value is -2.07. The lowest BCUT2D eigenvalue weighted by Gasteiger charge is -2.21. The van der Waals surface area contributed by atoms with Crippen LogP contribution < -0.4 is 15.8 Å². The van der Waals surface area contributed by atoms with Gasteiger partial charge in [0.25, 0.3) is 0 Å². The molecule has 0 aliphatic rings. The summed E-state index contributed by atoms with van der Waals surface area (Å²) in [6.45, 7) is 2.97. The second kappa shape index (κ2) is 6.91. The number of para-hydroxylation sites is 1. The molecule has 0 saturated heterocycles. The molecule has 0 fully saturated rings. The highest BCUT2D eigenvalue weighted by molar-refractivity contribution is 5.46. The zero-order valence-corrected chi connectivity index (χ0v) is 12.0. The minimum absolute atomic E-state index is 0.155. The fourth-order valence-corrected chi connectivity index (χ4v) is 2.32. The van der Waals surface area contributed by atoms with Gasteiger partial charge in [0, 0.05) is 29.7 Å². The molecule has 0 aliphatic heterocycles. The van der Waals surface area contributed by atoms with E-state index in [0.717, 1.165) is 35.5 Å². The van der Waals surface area contributed by atoms with Crippen LogP contribution in [-0.4, -0.2) is 18.6 Å². The van der Waals surface area contributed by atoms with Crippen molar-refractivity contribution in [2.24, 2.45) is 0 Å². The highest BCUT2D eigenvalue weighted by atomic mass is 16.5. The van der Waals surface area contributed by atoms with E-state index in [0.29, 0.717) is 0 Å². The Labute approximate surface area is 120 Å². The van der Waals surface area contributed by atoms with Gasteiger partial charge in [0.15, 0.2) is 0 Å². The summed E-state index contributed by atoms with van der Waals surface area (Å²) < 4.78 is 5.45. The Kier molecular flexibility index (Phi) is 4.96. The van der Waals surface area contributed by atoms with E-state index in [2.05, 4.69) is 23.3 Å². The SMILES string of the molecule is CCNC(Cc1cnccc1N)c1ccccc1OC. The minimum Gasteiger partial charge on any atom is -0.496 e. The Morgan fingerprint density at radius 2 is 2.10 bits per heavy atom. The van der Waals surface area contributed by atoms with Gasteiger partial charge in [-0.05, 0) is 30.7 Å². The van der Waals surface area contributed by atoms with Crippen molar-refractivity contribution in [1.82, 2.24) is 10.3 Å². The number of hydrogen-bond donors (Lipinski definition) is 2. The van der Waals surface area contributed by atoms with Crippen molar-refractivity contribution in [3.8, 4) is 5.75 Å². The van der Waals surface area contributed by atoms with Gasteiger partial charge in [-0.1, -0.05) is 25.1 Å². The molecule has 0 radical (unpaired) electrons. The molecule has 1 atom stereocenters. The summed E-state index contributed by atoms with van der Waals surface area (Å²) in [6.07, 6.45) is 4.33. The van der Waals surface area contributed by atoms with Gasteiger partial charge in [0.2, 0.25) is 0 Å². The van der Waals surface area contributed by atoms with Gasteiger partial charge >= 0.3 is 0 Å². The average molecular weight is 271 g/mol. The number of hydrogen-bond acceptors (Lipinski definition) is 4. The Balaban J connectivity index is 2.29. The number of nitrogens with zero attached hydrogens (tertiary/aromatic N) is 1. The molecule has 20 heavy (non-hydrogen) atoms. The number of anilines is 1. The molecular formula is C16H21N3O. The summed E-state index contributed by atoms with van der Waals surface area (Å²) in [5.41, 5.74) is 8.98. The van der Waals surface area contributed by atoms with Crippen LogP contribution >= 0.6 is 0 Å². The van der Waals surface area contributed by atoms with E-state index in [1.165, 1.54) is 0 Å². The van der Waals surface area contributed by atoms with Crippen LogP contribution in [0.2, 0.25) is 0 Å². The molecule has 2 aromatic rings. The number of methoxy groups -OCH3 is 1. The zero-order chi connectivity index (χ0) is 14.4. The first-order valence-electron chi connectivity index (χ1n) is 6.81. The monoisotopic (exact) mass is 271 g/mol. The van der Waals surface area contributed by atoms with Crippen molar-refractivity contribution < 1.29 is 4.74 Å². The smallest absolute Gasteiger partial charge is 0.123 e. The molecule has 0 saturated carbocycles. The number of benzene rings is 1. The molecule has 2 rings (SSSR count). The molecule has 0 amide bonds. The molecule has 3 N–H and O–H groups in total. The lowest BCUT2D eigenvalue weighted by molar-refractivity contribution is 0.399. The second-order valence-electron chi connectivity index (χ2n) is 4.63. The predicted molar refractivity (Wildman–Crippen MR) is 81.8 cm³/mol. The van der Waals surface area contributed by atoms with Gasteiger partial charge in [0.1, 0.15) is 5.75 Å². The van der Waals surface area contributed by atoms with Gasteiger partial charge in [-0.25, -0.2) is 0 Å². The third-order valence-corrected chi connectivity index (χ3v) is 3.33. The summed E-state index contributed by atoms with van der Waals surface area (Å²) in [6, 6.07) is 10.0. The summed E-state index contributed by atoms with van der Waals surface area (Å²) in [5.74, 6) is 0.890. The van der Waals surface area contributed by atoms with Crippen LogP contribution in [0.25, 0.3) is 0 Å². The molecule has 106 valence electrons. The number of ether oxygens (including phenoxy) is 1. The van der Waals surface area contributed by atoms with Crippen molar-refractivity contribution in [2.75, 3.05) is 19.4 Å². The minimum atomic E-state index is 0.155. The Morgan fingerprint density at radius 3 is 2.80 bits per heavy atom. The largest absolute Gasteiger partial charge is 0.496 e. The van der Waals surface area contributed by atoms with Crippen LogP contribution in [0.1, 0.15) is 24.1 Å². The lowest BCUT2D eigenvalue weighted by atomic mass is 9.98. The molecule has 0 aliphatic carbocycles. The number of pyridine rings is 1. The number of likely N-dealkylation sites (N-methyl/N-ethyl adjacent to an activating group) is 1. The number of nitrogens with two attached hydrogens (primary N) is 1. The summed E-state index contributed by atoms with van der Waals surface area (Å²) in [7, 11) is 1.69. The van der Waals surface area contributed by atoms with Crippen LogP contribution in [0.15, 0.2) is 42.7 Å². The fourth-order valence-electron chi connectivity index (χ4n) is 2.32. The van der Waals surface area contributed by atoms with E-state index < -0.39 is 0 Å². The molecular weight excluding hydrogens is 250 g/mol. The number of rotatable bonds is 6. The van der Waals surface area contributed by atoms with Crippen molar-refractivity contribution in [1.29, 1.82) is 0 Å². The summed E-state index contributed by atoms with van der Waals surface area (Å²) >= 11 is 0. The molecule has 1 heterocycles. The third kappa shape index (κ3) is 3.27. The summed E-state index contributed by atoms with van der Waals surface area (Å²) in [5, 5.41) is 3.49. The van der Waals surface area contributed by atoms with Gasteiger partial charge in [-0.15, -0.1) is 0 Å². The van der Waals surface area contributed by atoms with Crippen molar-refractivity contribution in [2.45, 2.75) is 19.4 Å². The van der Waals surface area contributed by atoms with E-state index in [1.807, 2.05) is 30.5 Å². The Morgan fingerprint density at radius 1 is 1.30 bits per heavy atom. The maximum atomic E-state index is 6.01. The molecule has 4 heteroatoms. The third-order valence-electron chi connectivity index (χ3n) is 3.33. The van der Waals surface area contributed by atoms with Gasteiger partial charge in [-0.2, -0.15) is 0 Å². The second-order valence-corrected chi connectivity index (χ2v) is 4.63. The van der Waals surface area contributed by atoms with Crippen LogP contribution in [0.4, 0.5) is 5.69 Å². The maximum Gasteiger partial charge on any atom is 0.123 e. The highest BCUT2D eigenvalue weighted by Crippen LogP contribution is 2.28. The van der Waals surface area contributed by atoms with Crippen molar-refractivity contribution >= 4 is 5.69 Å². The van der Waals surface area contributed by atoms with E-state index in [9.17, 15) is 0 Å². The molecule has 0 spiro atoms. The van der Waals surface area contributed by atoms with E-state index in [4.69, 9.17) is 10.5 Å². The zero-order valence-electron chi connectivity index (χ0n) is 12.0. The first-order chi connectivity index (χ1) is 9.76. The van der Waals surface area contributed by atoms with Gasteiger partial charge < -0.3 is 15.8 Å². The lowest BCUT2D eigenvalue weighted by Crippen LogP contribution is -2.24. The standard InChI is InChI=1S/C16H21N3O/c1-3-19-15(10-12-11-18-9-8-14(12)17)13-6-4-5-7-16(13)20-2/h4-9,11,15,19H,3,10H2,1-2H3,(H2,17,18). The normalized spacial score (nSPS) is 12.1.